The van der Waals surface area contributed by atoms with Crippen LogP contribution in [0.5, 0.6) is 11.5 Å². The minimum atomic E-state index is -1.58. The Hall–Kier alpha value is -5.09. The molecule has 0 unspecified atom stereocenters. The number of ether oxygens (including phenoxy) is 1. The summed E-state index contributed by atoms with van der Waals surface area (Å²) in [6.07, 6.45) is 0. The second-order valence-corrected chi connectivity index (χ2v) is 13.8. The number of amides is 1. The molecule has 7 rings (SSSR count). The van der Waals surface area contributed by atoms with Gasteiger partial charge in [0.2, 0.25) is 0 Å². The Balaban J connectivity index is 1.37. The molecule has 0 bridgehead atoms. The number of anilines is 2. The van der Waals surface area contributed by atoms with Crippen molar-refractivity contribution in [2.75, 3.05) is 49.1 Å². The van der Waals surface area contributed by atoms with Crippen molar-refractivity contribution in [3.8, 4) is 11.5 Å². The molecular weight excluding hydrogens is 659 g/mol. The molecule has 53 heavy (non-hydrogen) atoms. The first kappa shape index (κ1) is 36.3. The van der Waals surface area contributed by atoms with Gasteiger partial charge >= 0.3 is 7.12 Å². The quantitative estimate of drug-likeness (QED) is 0.126. The Morgan fingerprint density at radius 2 is 1.23 bits per heavy atom. The van der Waals surface area contributed by atoms with E-state index in [0.717, 1.165) is 76.9 Å². The van der Waals surface area contributed by atoms with Crippen molar-refractivity contribution in [3.05, 3.63) is 149 Å². The topological polar surface area (TPSA) is 79.7 Å². The molecule has 0 aliphatic carbocycles. The molecule has 0 radical (unpaired) electrons. The molecule has 272 valence electrons. The summed E-state index contributed by atoms with van der Waals surface area (Å²) in [6.45, 7) is 14.1. The lowest BCUT2D eigenvalue weighted by atomic mass is 9.74. The molecule has 2 aliphatic heterocycles. The molecule has 0 saturated carbocycles. The first-order chi connectivity index (χ1) is 25.8. The molecular formula is C44H49BN4O4. The Morgan fingerprint density at radius 1 is 0.660 bits per heavy atom. The lowest BCUT2D eigenvalue weighted by Crippen LogP contribution is -2.50. The van der Waals surface area contributed by atoms with Gasteiger partial charge in [-0.1, -0.05) is 84.9 Å². The van der Waals surface area contributed by atoms with Gasteiger partial charge < -0.3 is 29.5 Å². The van der Waals surface area contributed by atoms with E-state index in [1.807, 2.05) is 54.6 Å². The Kier molecular flexibility index (Phi) is 10.6. The lowest BCUT2D eigenvalue weighted by molar-refractivity contribution is 0.0629. The monoisotopic (exact) mass is 708 g/mol. The van der Waals surface area contributed by atoms with E-state index in [1.54, 1.807) is 6.07 Å². The molecule has 9 heteroatoms. The van der Waals surface area contributed by atoms with Gasteiger partial charge in [-0.15, -0.1) is 0 Å². The fraction of sp³-hybridized carbons (Fsp3) is 0.295. The van der Waals surface area contributed by atoms with Gasteiger partial charge in [-0.2, -0.15) is 0 Å². The predicted molar refractivity (Wildman–Crippen MR) is 214 cm³/mol. The van der Waals surface area contributed by atoms with Crippen LogP contribution in [0, 0.1) is 0 Å². The van der Waals surface area contributed by atoms with Gasteiger partial charge in [0.25, 0.3) is 5.91 Å². The Morgan fingerprint density at radius 3 is 1.83 bits per heavy atom. The van der Waals surface area contributed by atoms with E-state index in [0.29, 0.717) is 37.2 Å². The van der Waals surface area contributed by atoms with Crippen molar-refractivity contribution in [1.29, 1.82) is 0 Å². The van der Waals surface area contributed by atoms with E-state index in [2.05, 4.69) is 102 Å². The number of nitrogens with zero attached hydrogens (tertiary/aromatic N) is 4. The summed E-state index contributed by atoms with van der Waals surface area (Å²) in [5.41, 5.74) is 7.20. The van der Waals surface area contributed by atoms with Crippen LogP contribution in [-0.4, -0.2) is 72.1 Å². The maximum atomic E-state index is 14.9. The summed E-state index contributed by atoms with van der Waals surface area (Å²) in [5.74, 6) is 1.48. The Bertz CT molecular complexity index is 2000. The molecule has 8 nitrogen and oxygen atoms in total. The van der Waals surface area contributed by atoms with Crippen LogP contribution in [0.4, 0.5) is 11.4 Å². The molecule has 5 aromatic carbocycles. The van der Waals surface area contributed by atoms with E-state index in [4.69, 9.17) is 4.74 Å². The second-order valence-electron chi connectivity index (χ2n) is 13.8. The summed E-state index contributed by atoms with van der Waals surface area (Å²) in [6, 6.07) is 38.7. The van der Waals surface area contributed by atoms with Crippen LogP contribution in [0.2, 0.25) is 0 Å². The standard InChI is InChI=1S/C44H49BN4O4/c1-5-47(6-2)34-22-24-38-41(28-34)53-42-29-35(48(7-3)8-4)23-25-39(42)44(38)37-20-14-13-19-36(37)43(50)49(44)27-26-46(30-32-16-10-9-11-17-32)31-33-18-12-15-21-40(33)45(51)52/h9-25,28-29,51-52H,5-8,26-27,30-31H2,1-4H3. The highest BCUT2D eigenvalue weighted by Gasteiger charge is 2.56. The maximum Gasteiger partial charge on any atom is 0.488 e. The SMILES string of the molecule is CCN(CC)c1ccc2c(c1)Oc1cc(N(CC)CC)ccc1C21c2ccccc2C(=O)N1CCN(Cc1ccccc1)Cc1ccccc1B(O)O. The van der Waals surface area contributed by atoms with Crippen molar-refractivity contribution in [2.24, 2.45) is 0 Å². The van der Waals surface area contributed by atoms with Gasteiger partial charge in [-0.25, -0.2) is 0 Å². The first-order valence-corrected chi connectivity index (χ1v) is 18.9. The maximum absolute atomic E-state index is 14.9. The van der Waals surface area contributed by atoms with Crippen LogP contribution in [0.25, 0.3) is 0 Å². The molecule has 0 fully saturated rings. The van der Waals surface area contributed by atoms with Gasteiger partial charge in [0.15, 0.2) is 0 Å². The van der Waals surface area contributed by atoms with Crippen molar-refractivity contribution < 1.29 is 19.6 Å². The zero-order chi connectivity index (χ0) is 37.1. The molecule has 1 amide bonds. The zero-order valence-corrected chi connectivity index (χ0v) is 31.2. The third-order valence-corrected chi connectivity index (χ3v) is 11.0. The highest BCUT2D eigenvalue weighted by Crippen LogP contribution is 2.58. The number of fused-ring (bicyclic) bond motifs is 6. The van der Waals surface area contributed by atoms with E-state index < -0.39 is 12.7 Å². The first-order valence-electron chi connectivity index (χ1n) is 18.9. The predicted octanol–water partition coefficient (Wildman–Crippen LogP) is 6.61. The summed E-state index contributed by atoms with van der Waals surface area (Å²) in [7, 11) is -1.58. The average molecular weight is 709 g/mol. The molecule has 0 saturated heterocycles. The number of hydrogen-bond donors (Lipinski definition) is 2. The minimum Gasteiger partial charge on any atom is -0.456 e. The molecule has 1 spiro atoms. The summed E-state index contributed by atoms with van der Waals surface area (Å²) >= 11 is 0. The molecule has 2 aliphatic rings. The van der Waals surface area contributed by atoms with Crippen molar-refractivity contribution >= 4 is 29.9 Å². The van der Waals surface area contributed by atoms with Crippen LogP contribution < -0.4 is 20.0 Å². The average Bonchev–Trinajstić information content (AvgIpc) is 3.42. The van der Waals surface area contributed by atoms with E-state index in [9.17, 15) is 14.8 Å². The number of carbonyl (C=O) groups excluding carboxylic acids is 1. The second kappa shape index (κ2) is 15.5. The third-order valence-electron chi connectivity index (χ3n) is 11.0. The van der Waals surface area contributed by atoms with Crippen LogP contribution in [-0.2, 0) is 18.6 Å². The molecule has 0 atom stereocenters. The molecule has 5 aromatic rings. The van der Waals surface area contributed by atoms with Crippen LogP contribution in [0.3, 0.4) is 0 Å². The van der Waals surface area contributed by atoms with Gasteiger partial charge in [-0.05, 0) is 68.0 Å². The molecule has 2 N–H and O–H groups in total. The highest BCUT2D eigenvalue weighted by atomic mass is 16.5. The van der Waals surface area contributed by atoms with Gasteiger partial charge in [0.1, 0.15) is 17.0 Å². The summed E-state index contributed by atoms with van der Waals surface area (Å²) in [5, 5.41) is 20.5. The van der Waals surface area contributed by atoms with E-state index in [1.165, 1.54) is 0 Å². The van der Waals surface area contributed by atoms with E-state index in [-0.39, 0.29) is 5.91 Å². The Labute approximate surface area is 314 Å². The largest absolute Gasteiger partial charge is 0.488 e. The summed E-state index contributed by atoms with van der Waals surface area (Å²) < 4.78 is 6.89. The van der Waals surface area contributed by atoms with Crippen molar-refractivity contribution in [3.63, 3.8) is 0 Å². The summed E-state index contributed by atoms with van der Waals surface area (Å²) in [4.78, 5) is 23.8. The van der Waals surface area contributed by atoms with Crippen molar-refractivity contribution in [2.45, 2.75) is 46.3 Å². The third kappa shape index (κ3) is 6.58. The van der Waals surface area contributed by atoms with Gasteiger partial charge in [-0.3, -0.25) is 9.69 Å². The molecule has 2 heterocycles. The number of rotatable bonds is 14. The fourth-order valence-corrected chi connectivity index (χ4v) is 8.37. The normalized spacial score (nSPS) is 13.8. The molecule has 0 aromatic heterocycles. The van der Waals surface area contributed by atoms with E-state index >= 15 is 0 Å². The van der Waals surface area contributed by atoms with Crippen LogP contribution >= 0.6 is 0 Å². The van der Waals surface area contributed by atoms with Gasteiger partial charge in [0.05, 0.1) is 0 Å². The van der Waals surface area contributed by atoms with Crippen LogP contribution in [0.15, 0.2) is 115 Å². The number of hydrogen-bond acceptors (Lipinski definition) is 7. The lowest BCUT2D eigenvalue weighted by Gasteiger charge is -2.45. The van der Waals surface area contributed by atoms with Crippen molar-refractivity contribution in [1.82, 2.24) is 9.80 Å². The highest BCUT2D eigenvalue weighted by molar-refractivity contribution is 6.59. The minimum absolute atomic E-state index is 0.0223. The van der Waals surface area contributed by atoms with Gasteiger partial charge in [0, 0.05) is 92.6 Å². The zero-order valence-electron chi connectivity index (χ0n) is 31.2. The number of carbonyl (C=O) groups is 1. The smallest absolute Gasteiger partial charge is 0.456 e. The van der Waals surface area contributed by atoms with Crippen LogP contribution in [0.1, 0.15) is 65.9 Å². The fourth-order valence-electron chi connectivity index (χ4n) is 8.37. The number of benzene rings is 5.